The van der Waals surface area contributed by atoms with E-state index in [0.717, 1.165) is 18.4 Å². The Labute approximate surface area is 103 Å². The molecule has 1 aromatic heterocycles. The van der Waals surface area contributed by atoms with Crippen LogP contribution < -0.4 is 4.74 Å². The van der Waals surface area contributed by atoms with Gasteiger partial charge in [-0.15, -0.1) is 0 Å². The summed E-state index contributed by atoms with van der Waals surface area (Å²) >= 11 is 0. The van der Waals surface area contributed by atoms with Gasteiger partial charge >= 0.3 is 0 Å². The van der Waals surface area contributed by atoms with Crippen LogP contribution in [0.5, 0.6) is 5.75 Å². The van der Waals surface area contributed by atoms with E-state index in [-0.39, 0.29) is 0 Å². The first-order chi connectivity index (χ1) is 8.14. The first kappa shape index (κ1) is 12.4. The lowest BCUT2D eigenvalue weighted by Gasteiger charge is -2.35. The van der Waals surface area contributed by atoms with Crippen molar-refractivity contribution in [3.05, 3.63) is 24.0 Å². The summed E-state index contributed by atoms with van der Waals surface area (Å²) in [5.41, 5.74) is 0.0749. The van der Waals surface area contributed by atoms with Crippen LogP contribution >= 0.6 is 0 Å². The third kappa shape index (κ3) is 2.60. The van der Waals surface area contributed by atoms with Crippen LogP contribution in [0.15, 0.2) is 18.5 Å². The number of methoxy groups -OCH3 is 1. The molecule has 1 aromatic rings. The van der Waals surface area contributed by atoms with Crippen molar-refractivity contribution in [1.82, 2.24) is 4.98 Å². The second-order valence-electron chi connectivity index (χ2n) is 5.10. The molecule has 0 saturated heterocycles. The van der Waals surface area contributed by atoms with Gasteiger partial charge in [0.05, 0.1) is 18.9 Å². The Bertz CT molecular complexity index is 370. The smallest absolute Gasteiger partial charge is 0.137 e. The van der Waals surface area contributed by atoms with E-state index in [1.54, 1.807) is 19.5 Å². The van der Waals surface area contributed by atoms with Crippen LogP contribution in [-0.4, -0.2) is 17.2 Å². The molecule has 0 aromatic carbocycles. The number of nitrogens with zero attached hydrogens (tertiary/aromatic N) is 1. The Hall–Kier alpha value is -1.09. The molecule has 94 valence electrons. The van der Waals surface area contributed by atoms with Gasteiger partial charge in [-0.05, 0) is 31.7 Å². The molecule has 1 N–H and O–H groups in total. The average Bonchev–Trinajstić information content (AvgIpc) is 2.40. The Kier molecular flexibility index (Phi) is 3.67. The highest BCUT2D eigenvalue weighted by Crippen LogP contribution is 2.39. The van der Waals surface area contributed by atoms with Crippen molar-refractivity contribution >= 4 is 0 Å². The normalized spacial score (nSPS) is 20.9. The summed E-state index contributed by atoms with van der Waals surface area (Å²) in [6, 6.07) is 1.89. The fourth-order valence-electron chi connectivity index (χ4n) is 2.71. The van der Waals surface area contributed by atoms with Crippen LogP contribution in [0.3, 0.4) is 0 Å². The number of rotatable bonds is 3. The highest BCUT2D eigenvalue weighted by molar-refractivity contribution is 5.28. The minimum Gasteiger partial charge on any atom is -0.495 e. The Morgan fingerprint density at radius 3 is 2.65 bits per heavy atom. The van der Waals surface area contributed by atoms with Gasteiger partial charge < -0.3 is 9.84 Å². The predicted molar refractivity (Wildman–Crippen MR) is 66.9 cm³/mol. The molecule has 3 heteroatoms. The van der Waals surface area contributed by atoms with Crippen molar-refractivity contribution in [3.8, 4) is 5.75 Å². The molecule has 0 radical (unpaired) electrons. The number of pyridine rings is 1. The van der Waals surface area contributed by atoms with E-state index in [0.29, 0.717) is 11.7 Å². The maximum absolute atomic E-state index is 10.7. The molecular formula is C14H21NO2. The Balaban J connectivity index is 2.22. The monoisotopic (exact) mass is 235 g/mol. The van der Waals surface area contributed by atoms with Gasteiger partial charge in [0.2, 0.25) is 0 Å². The van der Waals surface area contributed by atoms with E-state index < -0.39 is 5.60 Å². The zero-order chi connectivity index (χ0) is 12.3. The SMILES string of the molecule is COc1cncc(C(C)(O)C2CCCCC2)c1. The molecule has 1 aliphatic rings. The van der Waals surface area contributed by atoms with E-state index in [1.165, 1.54) is 19.3 Å². The van der Waals surface area contributed by atoms with Crippen molar-refractivity contribution in [1.29, 1.82) is 0 Å². The highest BCUT2D eigenvalue weighted by atomic mass is 16.5. The molecule has 1 saturated carbocycles. The molecule has 0 bridgehead atoms. The summed E-state index contributed by atoms with van der Waals surface area (Å²) in [6.45, 7) is 1.90. The van der Waals surface area contributed by atoms with Gasteiger partial charge in [0.25, 0.3) is 0 Å². The molecule has 1 fully saturated rings. The van der Waals surface area contributed by atoms with Gasteiger partial charge in [0, 0.05) is 11.8 Å². The lowest BCUT2D eigenvalue weighted by atomic mass is 9.75. The molecule has 0 amide bonds. The van der Waals surface area contributed by atoms with Crippen LogP contribution in [0.25, 0.3) is 0 Å². The van der Waals surface area contributed by atoms with Crippen LogP contribution in [0.2, 0.25) is 0 Å². The third-order valence-corrected chi connectivity index (χ3v) is 3.93. The van der Waals surface area contributed by atoms with Gasteiger partial charge in [0.15, 0.2) is 0 Å². The summed E-state index contributed by atoms with van der Waals surface area (Å²) in [7, 11) is 1.62. The number of aliphatic hydroxyl groups is 1. The summed E-state index contributed by atoms with van der Waals surface area (Å²) in [5.74, 6) is 1.05. The molecule has 1 atom stereocenters. The van der Waals surface area contributed by atoms with E-state index in [2.05, 4.69) is 4.98 Å². The van der Waals surface area contributed by atoms with Gasteiger partial charge in [-0.3, -0.25) is 4.98 Å². The molecular weight excluding hydrogens is 214 g/mol. The molecule has 0 aliphatic heterocycles. The number of aromatic nitrogens is 1. The van der Waals surface area contributed by atoms with Crippen molar-refractivity contribution in [2.75, 3.05) is 7.11 Å². The second kappa shape index (κ2) is 5.05. The van der Waals surface area contributed by atoms with E-state index in [4.69, 9.17) is 4.74 Å². The third-order valence-electron chi connectivity index (χ3n) is 3.93. The quantitative estimate of drug-likeness (QED) is 0.876. The standard InChI is InChI=1S/C14H21NO2/c1-14(16,11-6-4-3-5-7-11)12-8-13(17-2)10-15-9-12/h8-11,16H,3-7H2,1-2H3. The highest BCUT2D eigenvalue weighted by Gasteiger charge is 2.34. The van der Waals surface area contributed by atoms with Crippen molar-refractivity contribution in [2.24, 2.45) is 5.92 Å². The first-order valence-electron chi connectivity index (χ1n) is 6.36. The van der Waals surface area contributed by atoms with Gasteiger partial charge in [0.1, 0.15) is 5.75 Å². The van der Waals surface area contributed by atoms with Crippen LogP contribution in [-0.2, 0) is 5.60 Å². The predicted octanol–water partition coefficient (Wildman–Crippen LogP) is 2.88. The average molecular weight is 235 g/mol. The summed E-state index contributed by atoms with van der Waals surface area (Å²) in [4.78, 5) is 4.13. The molecule has 17 heavy (non-hydrogen) atoms. The van der Waals surface area contributed by atoms with E-state index >= 15 is 0 Å². The van der Waals surface area contributed by atoms with Gasteiger partial charge in [-0.1, -0.05) is 19.3 Å². The summed E-state index contributed by atoms with van der Waals surface area (Å²) in [6.07, 6.45) is 9.35. The summed E-state index contributed by atoms with van der Waals surface area (Å²) < 4.78 is 5.16. The molecule has 2 rings (SSSR count). The maximum atomic E-state index is 10.7. The Morgan fingerprint density at radius 1 is 1.29 bits per heavy atom. The van der Waals surface area contributed by atoms with Crippen LogP contribution in [0, 0.1) is 5.92 Å². The molecule has 1 heterocycles. The van der Waals surface area contributed by atoms with Crippen molar-refractivity contribution in [2.45, 2.75) is 44.6 Å². The van der Waals surface area contributed by atoms with Crippen LogP contribution in [0.1, 0.15) is 44.6 Å². The van der Waals surface area contributed by atoms with Crippen LogP contribution in [0.4, 0.5) is 0 Å². The van der Waals surface area contributed by atoms with Gasteiger partial charge in [-0.2, -0.15) is 0 Å². The largest absolute Gasteiger partial charge is 0.495 e. The Morgan fingerprint density at radius 2 is 2.00 bits per heavy atom. The number of hydrogen-bond acceptors (Lipinski definition) is 3. The molecule has 1 aliphatic carbocycles. The zero-order valence-electron chi connectivity index (χ0n) is 10.6. The lowest BCUT2D eigenvalue weighted by Crippen LogP contribution is -2.33. The number of hydrogen-bond donors (Lipinski definition) is 1. The fourth-order valence-corrected chi connectivity index (χ4v) is 2.71. The van der Waals surface area contributed by atoms with Gasteiger partial charge in [-0.25, -0.2) is 0 Å². The molecule has 0 spiro atoms. The topological polar surface area (TPSA) is 42.4 Å². The molecule has 3 nitrogen and oxygen atoms in total. The summed E-state index contributed by atoms with van der Waals surface area (Å²) in [5, 5.41) is 10.7. The maximum Gasteiger partial charge on any atom is 0.137 e. The van der Waals surface area contributed by atoms with E-state index in [1.807, 2.05) is 13.0 Å². The second-order valence-corrected chi connectivity index (χ2v) is 5.10. The number of ether oxygens (including phenoxy) is 1. The fraction of sp³-hybridized carbons (Fsp3) is 0.643. The lowest BCUT2D eigenvalue weighted by molar-refractivity contribution is -0.0219. The van der Waals surface area contributed by atoms with Crippen molar-refractivity contribution < 1.29 is 9.84 Å². The van der Waals surface area contributed by atoms with Crippen molar-refractivity contribution in [3.63, 3.8) is 0 Å². The van der Waals surface area contributed by atoms with E-state index in [9.17, 15) is 5.11 Å². The first-order valence-corrected chi connectivity index (χ1v) is 6.36. The minimum atomic E-state index is -0.790. The zero-order valence-corrected chi connectivity index (χ0v) is 10.6. The molecule has 1 unspecified atom stereocenters. The minimum absolute atomic E-state index is 0.338.